The summed E-state index contributed by atoms with van der Waals surface area (Å²) in [5.74, 6) is -0.814. The third-order valence-corrected chi connectivity index (χ3v) is 5.58. The fourth-order valence-corrected chi connectivity index (χ4v) is 4.24. The van der Waals surface area contributed by atoms with E-state index in [1.165, 1.54) is 23.6 Å². The molecule has 2 aliphatic carbocycles. The molecule has 1 aromatic carbocycles. The molecule has 6 heteroatoms. The van der Waals surface area contributed by atoms with Gasteiger partial charge in [0.15, 0.2) is 0 Å². The third kappa shape index (κ3) is 3.52. The zero-order chi connectivity index (χ0) is 19.0. The van der Waals surface area contributed by atoms with Gasteiger partial charge in [-0.2, -0.15) is 0 Å². The van der Waals surface area contributed by atoms with Crippen LogP contribution in [0.4, 0.5) is 0 Å². The average Bonchev–Trinajstić information content (AvgIpc) is 3.08. The van der Waals surface area contributed by atoms with Crippen molar-refractivity contribution in [2.45, 2.75) is 51.0 Å². The first-order chi connectivity index (χ1) is 13.0. The molecule has 0 aliphatic heterocycles. The first kappa shape index (κ1) is 17.5. The van der Waals surface area contributed by atoms with Crippen molar-refractivity contribution in [3.63, 3.8) is 0 Å². The summed E-state index contributed by atoms with van der Waals surface area (Å²) in [5, 5.41) is 3.06. The maximum Gasteiger partial charge on any atom is 0.261 e. The minimum Gasteiger partial charge on any atom is -0.365 e. The topological polar surface area (TPSA) is 105 Å². The van der Waals surface area contributed by atoms with E-state index >= 15 is 0 Å². The first-order valence-electron chi connectivity index (χ1n) is 9.47. The Labute approximate surface area is 157 Å². The van der Waals surface area contributed by atoms with Crippen LogP contribution < -0.4 is 16.6 Å². The summed E-state index contributed by atoms with van der Waals surface area (Å²) in [4.78, 5) is 38.8. The van der Waals surface area contributed by atoms with E-state index in [1.54, 1.807) is 0 Å². The second-order valence-corrected chi connectivity index (χ2v) is 7.46. The van der Waals surface area contributed by atoms with E-state index in [-0.39, 0.29) is 17.5 Å². The summed E-state index contributed by atoms with van der Waals surface area (Å²) >= 11 is 0. The molecule has 140 valence electrons. The second kappa shape index (κ2) is 7.02. The molecule has 6 nitrogen and oxygen atoms in total. The van der Waals surface area contributed by atoms with Crippen LogP contribution in [0.5, 0.6) is 0 Å². The fourth-order valence-electron chi connectivity index (χ4n) is 4.24. The van der Waals surface area contributed by atoms with Gasteiger partial charge >= 0.3 is 0 Å². The average molecular weight is 365 g/mol. The lowest BCUT2D eigenvalue weighted by Gasteiger charge is -2.26. The number of aromatic amines is 1. The number of aryl methyl sites for hydroxylation is 3. The van der Waals surface area contributed by atoms with Crippen LogP contribution in [-0.2, 0) is 30.5 Å². The molecule has 4 rings (SSSR count). The molecule has 4 N–H and O–H groups in total. The summed E-state index contributed by atoms with van der Waals surface area (Å²) < 4.78 is 0. The van der Waals surface area contributed by atoms with E-state index in [4.69, 9.17) is 5.73 Å². The smallest absolute Gasteiger partial charge is 0.261 e. The van der Waals surface area contributed by atoms with Crippen molar-refractivity contribution in [3.8, 4) is 0 Å². The number of carbonyl (C=O) groups excluding carboxylic acids is 2. The van der Waals surface area contributed by atoms with E-state index < -0.39 is 11.5 Å². The van der Waals surface area contributed by atoms with Gasteiger partial charge in [-0.15, -0.1) is 0 Å². The molecule has 27 heavy (non-hydrogen) atoms. The van der Waals surface area contributed by atoms with Crippen molar-refractivity contribution in [2.75, 3.05) is 0 Å². The Morgan fingerprint density at radius 3 is 2.74 bits per heavy atom. The third-order valence-electron chi connectivity index (χ3n) is 5.58. The van der Waals surface area contributed by atoms with Gasteiger partial charge in [-0.05, 0) is 66.8 Å². The number of primary amides is 1. The minimum atomic E-state index is -0.757. The molecule has 1 atom stereocenters. The molecule has 0 radical (unpaired) electrons. The molecule has 0 saturated carbocycles. The fraction of sp³-hybridized carbons (Fsp3) is 0.381. The van der Waals surface area contributed by atoms with E-state index in [0.29, 0.717) is 6.42 Å². The van der Waals surface area contributed by atoms with E-state index in [1.807, 2.05) is 6.07 Å². The van der Waals surface area contributed by atoms with Crippen LogP contribution >= 0.6 is 0 Å². The highest BCUT2D eigenvalue weighted by Crippen LogP contribution is 2.28. The molecule has 2 aliphatic rings. The van der Waals surface area contributed by atoms with Crippen molar-refractivity contribution in [3.05, 3.63) is 68.1 Å². The number of carbonyl (C=O) groups is 2. The Kier molecular flexibility index (Phi) is 4.56. The zero-order valence-electron chi connectivity index (χ0n) is 15.1. The van der Waals surface area contributed by atoms with Crippen LogP contribution in [0.25, 0.3) is 0 Å². The van der Waals surface area contributed by atoms with E-state index in [2.05, 4.69) is 22.4 Å². The highest BCUT2D eigenvalue weighted by atomic mass is 16.2. The number of aromatic nitrogens is 1. The highest BCUT2D eigenvalue weighted by molar-refractivity contribution is 5.92. The van der Waals surface area contributed by atoms with Gasteiger partial charge in [0, 0.05) is 5.69 Å². The van der Waals surface area contributed by atoms with Crippen molar-refractivity contribution in [2.24, 2.45) is 5.73 Å². The van der Waals surface area contributed by atoms with Gasteiger partial charge in [0.1, 0.15) is 5.56 Å². The number of hydrogen-bond acceptors (Lipinski definition) is 3. The van der Waals surface area contributed by atoms with Crippen LogP contribution in [0.1, 0.15) is 63.6 Å². The van der Waals surface area contributed by atoms with Crippen molar-refractivity contribution >= 4 is 11.8 Å². The molecule has 0 bridgehead atoms. The van der Waals surface area contributed by atoms with Gasteiger partial charge in [-0.3, -0.25) is 14.4 Å². The molecular weight excluding hydrogens is 342 g/mol. The van der Waals surface area contributed by atoms with Gasteiger partial charge in [0.2, 0.25) is 5.91 Å². The first-order valence-corrected chi connectivity index (χ1v) is 9.47. The lowest BCUT2D eigenvalue weighted by molar-refractivity contribution is -0.121. The molecule has 0 fully saturated rings. The monoisotopic (exact) mass is 365 g/mol. The quantitative estimate of drug-likeness (QED) is 0.768. The lowest BCUT2D eigenvalue weighted by atomic mass is 9.90. The van der Waals surface area contributed by atoms with E-state index in [9.17, 15) is 14.4 Å². The van der Waals surface area contributed by atoms with E-state index in [0.717, 1.165) is 48.9 Å². The Hall–Kier alpha value is -2.89. The number of hydrogen-bond donors (Lipinski definition) is 3. The number of fused-ring (bicyclic) bond motifs is 2. The summed E-state index contributed by atoms with van der Waals surface area (Å²) in [5.41, 5.74) is 10.1. The van der Waals surface area contributed by atoms with Crippen molar-refractivity contribution in [1.29, 1.82) is 0 Å². The van der Waals surface area contributed by atoms with Gasteiger partial charge in [0.05, 0.1) is 12.5 Å². The highest BCUT2D eigenvalue weighted by Gasteiger charge is 2.25. The van der Waals surface area contributed by atoms with Crippen LogP contribution in [0.3, 0.4) is 0 Å². The maximum atomic E-state index is 12.6. The van der Waals surface area contributed by atoms with Gasteiger partial charge < -0.3 is 16.0 Å². The molecule has 1 aromatic heterocycles. The summed E-state index contributed by atoms with van der Waals surface area (Å²) in [6, 6.07) is 7.62. The SMILES string of the molecule is NC(=O)c1cc2c([nH]c1=O)CCC[C@@H]2NC(=O)Cc1ccc2c(c1)CCC2. The van der Waals surface area contributed by atoms with Crippen molar-refractivity contribution < 1.29 is 9.59 Å². The number of amides is 2. The number of rotatable bonds is 4. The molecule has 2 amide bonds. The maximum absolute atomic E-state index is 12.6. The second-order valence-electron chi connectivity index (χ2n) is 7.46. The van der Waals surface area contributed by atoms with Crippen LogP contribution in [0.2, 0.25) is 0 Å². The number of nitrogens with two attached hydrogens (primary N) is 1. The normalized spacial score (nSPS) is 17.9. The molecule has 0 unspecified atom stereocenters. The van der Waals surface area contributed by atoms with Crippen LogP contribution in [0.15, 0.2) is 29.1 Å². The summed E-state index contributed by atoms with van der Waals surface area (Å²) in [6.45, 7) is 0. The molecular formula is C21H23N3O3. The predicted molar refractivity (Wildman–Crippen MR) is 102 cm³/mol. The number of pyridine rings is 1. The number of nitrogens with one attached hydrogen (secondary N) is 2. The van der Waals surface area contributed by atoms with Crippen LogP contribution in [0, 0.1) is 0 Å². The Morgan fingerprint density at radius 2 is 1.93 bits per heavy atom. The predicted octanol–water partition coefficient (Wildman–Crippen LogP) is 1.70. The summed E-state index contributed by atoms with van der Waals surface area (Å²) in [6.07, 6.45) is 6.08. The van der Waals surface area contributed by atoms with Crippen LogP contribution in [-0.4, -0.2) is 16.8 Å². The van der Waals surface area contributed by atoms with Gasteiger partial charge in [0.25, 0.3) is 11.5 Å². The van der Waals surface area contributed by atoms with Crippen molar-refractivity contribution in [1.82, 2.24) is 10.3 Å². The Balaban J connectivity index is 1.52. The molecule has 2 aromatic rings. The standard InChI is InChI=1S/C21H23N3O3/c22-20(26)16-11-15-17(5-2-6-18(15)24-21(16)27)23-19(25)10-12-7-8-13-3-1-4-14(13)9-12/h7-9,11,17H,1-6,10H2,(H2,22,26)(H,23,25)(H,24,27)/t17-/m0/s1. The minimum absolute atomic E-state index is 0.0578. The molecule has 1 heterocycles. The number of H-pyrrole nitrogens is 1. The molecule has 0 saturated heterocycles. The number of benzene rings is 1. The Bertz CT molecular complexity index is 977. The largest absolute Gasteiger partial charge is 0.365 e. The zero-order valence-corrected chi connectivity index (χ0v) is 15.1. The van der Waals surface area contributed by atoms with Gasteiger partial charge in [-0.1, -0.05) is 18.2 Å². The Morgan fingerprint density at radius 1 is 1.11 bits per heavy atom. The molecule has 0 spiro atoms. The lowest BCUT2D eigenvalue weighted by Crippen LogP contribution is -2.34. The van der Waals surface area contributed by atoms with Gasteiger partial charge in [-0.25, -0.2) is 0 Å². The summed E-state index contributed by atoms with van der Waals surface area (Å²) in [7, 11) is 0.